The second-order valence-corrected chi connectivity index (χ2v) is 5.05. The minimum Gasteiger partial charge on any atom is -0.326 e. The fraction of sp³-hybridized carbons (Fsp3) is 0.429. The molecule has 0 spiro atoms. The molecule has 19 heavy (non-hydrogen) atoms. The van der Waals surface area contributed by atoms with Crippen molar-refractivity contribution in [3.8, 4) is 5.82 Å². The Morgan fingerprint density at radius 1 is 1.32 bits per heavy atom. The van der Waals surface area contributed by atoms with Crippen LogP contribution in [0.5, 0.6) is 0 Å². The molecule has 0 saturated heterocycles. The Hall–Kier alpha value is -1.39. The van der Waals surface area contributed by atoms with Crippen LogP contribution < -0.4 is 5.73 Å². The Morgan fingerprint density at radius 3 is 2.58 bits per heavy atom. The van der Waals surface area contributed by atoms with Crippen molar-refractivity contribution < 1.29 is 0 Å². The van der Waals surface area contributed by atoms with Crippen molar-refractivity contribution in [2.24, 2.45) is 5.73 Å². The smallest absolute Gasteiger partial charge is 0.154 e. The number of pyridine rings is 1. The number of rotatable bonds is 4. The zero-order chi connectivity index (χ0) is 14.0. The van der Waals surface area contributed by atoms with E-state index in [1.165, 1.54) is 0 Å². The van der Waals surface area contributed by atoms with Crippen molar-refractivity contribution in [2.75, 3.05) is 0 Å². The molecule has 0 fully saturated rings. The normalized spacial score (nSPS) is 11.0. The Bertz CT molecular complexity index is 589. The molecule has 0 saturated carbocycles. The predicted octanol–water partition coefficient (Wildman–Crippen LogP) is 2.95. The summed E-state index contributed by atoms with van der Waals surface area (Å²) in [5.74, 6) is 0.791. The van der Waals surface area contributed by atoms with Crippen LogP contribution in [0.4, 0.5) is 0 Å². The van der Waals surface area contributed by atoms with Gasteiger partial charge in [0.15, 0.2) is 5.82 Å². The number of hydrogen-bond donors (Lipinski definition) is 1. The first-order valence-corrected chi connectivity index (χ1v) is 6.86. The molecule has 2 rings (SSSR count). The molecular weight excluding hydrogens is 260 g/mol. The maximum absolute atomic E-state index is 6.19. The van der Waals surface area contributed by atoms with Crippen LogP contribution in [0.25, 0.3) is 5.82 Å². The third-order valence-corrected chi connectivity index (χ3v) is 3.63. The van der Waals surface area contributed by atoms with Gasteiger partial charge in [0.1, 0.15) is 0 Å². The van der Waals surface area contributed by atoms with Crippen LogP contribution in [0.1, 0.15) is 36.0 Å². The van der Waals surface area contributed by atoms with Crippen molar-refractivity contribution in [3.63, 3.8) is 0 Å². The molecule has 2 aromatic heterocycles. The van der Waals surface area contributed by atoms with Crippen molar-refractivity contribution in [3.05, 3.63) is 39.8 Å². The van der Waals surface area contributed by atoms with E-state index in [4.69, 9.17) is 17.3 Å². The summed E-state index contributed by atoms with van der Waals surface area (Å²) in [5.41, 5.74) is 9.59. The first-order chi connectivity index (χ1) is 9.06. The van der Waals surface area contributed by atoms with Crippen molar-refractivity contribution in [2.45, 2.75) is 40.2 Å². The number of hydrogen-bond acceptors (Lipinski definition) is 3. The van der Waals surface area contributed by atoms with Gasteiger partial charge in [0, 0.05) is 12.2 Å². The van der Waals surface area contributed by atoms with Crippen molar-refractivity contribution in [1.29, 1.82) is 0 Å². The van der Waals surface area contributed by atoms with Crippen molar-refractivity contribution in [1.82, 2.24) is 14.8 Å². The summed E-state index contributed by atoms with van der Waals surface area (Å²) < 4.78 is 1.79. The van der Waals surface area contributed by atoms with Gasteiger partial charge in [0.2, 0.25) is 0 Å². The zero-order valence-electron chi connectivity index (χ0n) is 11.6. The Balaban J connectivity index is 2.54. The van der Waals surface area contributed by atoms with E-state index in [0.29, 0.717) is 11.6 Å². The van der Waals surface area contributed by atoms with E-state index in [1.807, 2.05) is 19.9 Å². The lowest BCUT2D eigenvalue weighted by atomic mass is 10.1. The molecule has 0 amide bonds. The molecule has 0 unspecified atom stereocenters. The predicted molar refractivity (Wildman–Crippen MR) is 77.7 cm³/mol. The van der Waals surface area contributed by atoms with E-state index in [0.717, 1.165) is 41.3 Å². The lowest BCUT2D eigenvalue weighted by molar-refractivity contribution is 0.781. The monoisotopic (exact) mass is 278 g/mol. The number of aryl methyl sites for hydroxylation is 2. The number of aromatic nitrogens is 3. The molecule has 2 N–H and O–H groups in total. The van der Waals surface area contributed by atoms with Crippen LogP contribution >= 0.6 is 11.6 Å². The standard InChI is InChI=1S/C14H19ClN4/c1-4-5-12-6-11(8-16)7-13(17-12)19-10(3)14(15)9(2)18-19/h6-7H,4-5,8,16H2,1-3H3. The van der Waals surface area contributed by atoms with Gasteiger partial charge in [0.05, 0.1) is 16.4 Å². The van der Waals surface area contributed by atoms with E-state index in [9.17, 15) is 0 Å². The molecule has 0 aliphatic carbocycles. The molecular formula is C14H19ClN4. The fourth-order valence-electron chi connectivity index (χ4n) is 2.09. The highest BCUT2D eigenvalue weighted by Gasteiger charge is 2.12. The van der Waals surface area contributed by atoms with Crippen LogP contribution in [0.2, 0.25) is 5.02 Å². The highest BCUT2D eigenvalue weighted by molar-refractivity contribution is 6.31. The zero-order valence-corrected chi connectivity index (χ0v) is 12.3. The van der Waals surface area contributed by atoms with E-state index in [1.54, 1.807) is 4.68 Å². The minimum atomic E-state index is 0.499. The highest BCUT2D eigenvalue weighted by atomic mass is 35.5. The lowest BCUT2D eigenvalue weighted by Crippen LogP contribution is -2.07. The van der Waals surface area contributed by atoms with Gasteiger partial charge in [-0.1, -0.05) is 24.9 Å². The van der Waals surface area contributed by atoms with Gasteiger partial charge in [-0.3, -0.25) is 0 Å². The molecule has 0 bridgehead atoms. The average Bonchev–Trinajstić information content (AvgIpc) is 2.66. The quantitative estimate of drug-likeness (QED) is 0.935. The largest absolute Gasteiger partial charge is 0.326 e. The van der Waals surface area contributed by atoms with Gasteiger partial charge in [-0.15, -0.1) is 0 Å². The summed E-state index contributed by atoms with van der Waals surface area (Å²) in [7, 11) is 0. The molecule has 0 atom stereocenters. The summed E-state index contributed by atoms with van der Waals surface area (Å²) in [6.07, 6.45) is 1.99. The van der Waals surface area contributed by atoms with Gasteiger partial charge in [-0.25, -0.2) is 9.67 Å². The Kier molecular flexibility index (Phi) is 4.22. The van der Waals surface area contributed by atoms with Gasteiger partial charge in [-0.2, -0.15) is 5.10 Å². The van der Waals surface area contributed by atoms with Crippen molar-refractivity contribution >= 4 is 11.6 Å². The average molecular weight is 279 g/mol. The number of halogens is 1. The molecule has 4 nitrogen and oxygen atoms in total. The molecule has 2 heterocycles. The van der Waals surface area contributed by atoms with Gasteiger partial charge in [-0.05, 0) is 38.0 Å². The van der Waals surface area contributed by atoms with E-state index in [2.05, 4.69) is 23.1 Å². The topological polar surface area (TPSA) is 56.7 Å². The van der Waals surface area contributed by atoms with Gasteiger partial charge >= 0.3 is 0 Å². The third kappa shape index (κ3) is 2.80. The summed E-state index contributed by atoms with van der Waals surface area (Å²) in [6.45, 7) is 6.47. The molecule has 0 radical (unpaired) electrons. The van der Waals surface area contributed by atoms with E-state index < -0.39 is 0 Å². The maximum Gasteiger partial charge on any atom is 0.154 e. The molecule has 0 aliphatic heterocycles. The first-order valence-electron chi connectivity index (χ1n) is 6.48. The summed E-state index contributed by atoms with van der Waals surface area (Å²) in [4.78, 5) is 4.64. The third-order valence-electron chi connectivity index (χ3n) is 3.09. The molecule has 5 heteroatoms. The number of nitrogens with two attached hydrogens (primary N) is 1. The highest BCUT2D eigenvalue weighted by Crippen LogP contribution is 2.22. The molecule has 2 aromatic rings. The second-order valence-electron chi connectivity index (χ2n) is 4.68. The SMILES string of the molecule is CCCc1cc(CN)cc(-n2nc(C)c(Cl)c2C)n1. The van der Waals surface area contributed by atoms with Crippen LogP contribution in [0.3, 0.4) is 0 Å². The molecule has 0 aromatic carbocycles. The van der Waals surface area contributed by atoms with E-state index >= 15 is 0 Å². The second kappa shape index (κ2) is 5.72. The van der Waals surface area contributed by atoms with Crippen LogP contribution in [0, 0.1) is 13.8 Å². The van der Waals surface area contributed by atoms with Crippen LogP contribution in [0.15, 0.2) is 12.1 Å². The van der Waals surface area contributed by atoms with E-state index in [-0.39, 0.29) is 0 Å². The lowest BCUT2D eigenvalue weighted by Gasteiger charge is -2.09. The maximum atomic E-state index is 6.19. The Labute approximate surface area is 118 Å². The van der Waals surface area contributed by atoms with Crippen LogP contribution in [-0.2, 0) is 13.0 Å². The molecule has 0 aliphatic rings. The molecule has 102 valence electrons. The summed E-state index contributed by atoms with van der Waals surface area (Å²) >= 11 is 6.19. The summed E-state index contributed by atoms with van der Waals surface area (Å²) in [6, 6.07) is 4.02. The Morgan fingerprint density at radius 2 is 2.05 bits per heavy atom. The van der Waals surface area contributed by atoms with Gasteiger partial charge in [0.25, 0.3) is 0 Å². The van der Waals surface area contributed by atoms with Crippen LogP contribution in [-0.4, -0.2) is 14.8 Å². The minimum absolute atomic E-state index is 0.499. The number of nitrogens with zero attached hydrogens (tertiary/aromatic N) is 3. The summed E-state index contributed by atoms with van der Waals surface area (Å²) in [5, 5.41) is 5.13. The van der Waals surface area contributed by atoms with Gasteiger partial charge < -0.3 is 5.73 Å². The fourth-order valence-corrected chi connectivity index (χ4v) is 2.21. The first kappa shape index (κ1) is 14.0.